The average Bonchev–Trinajstić information content (AvgIpc) is 3.53. The maximum atomic E-state index is 9.12. The van der Waals surface area contributed by atoms with Gasteiger partial charge in [-0.15, -0.1) is 22.7 Å². The SMILES string of the molecule is Cc1cc(N2CCC(C#N)CC2)ncc1-c1nc(-c2csc(NC=C3NCCCN3)n2)cs1. The Hall–Kier alpha value is -3.16. The molecule has 0 saturated carbocycles. The fourth-order valence-electron chi connectivity index (χ4n) is 3.98. The molecule has 0 aliphatic carbocycles. The number of anilines is 2. The van der Waals surface area contributed by atoms with Gasteiger partial charge < -0.3 is 20.9 Å². The summed E-state index contributed by atoms with van der Waals surface area (Å²) in [5, 5.41) is 24.9. The fraction of sp³-hybridized carbons (Fsp3) is 0.391. The van der Waals surface area contributed by atoms with Gasteiger partial charge in [-0.3, -0.25) is 0 Å². The molecule has 8 nitrogen and oxygen atoms in total. The average molecular weight is 479 g/mol. The molecule has 2 aliphatic heterocycles. The lowest BCUT2D eigenvalue weighted by Gasteiger charge is -2.30. The number of piperidine rings is 1. The largest absolute Gasteiger partial charge is 0.371 e. The van der Waals surface area contributed by atoms with Gasteiger partial charge in [0.05, 0.1) is 6.07 Å². The molecule has 0 atom stereocenters. The molecule has 0 unspecified atom stereocenters. The summed E-state index contributed by atoms with van der Waals surface area (Å²) < 4.78 is 0. The van der Waals surface area contributed by atoms with Crippen LogP contribution in [0.3, 0.4) is 0 Å². The second-order valence-corrected chi connectivity index (χ2v) is 9.95. The Morgan fingerprint density at radius 1 is 1.15 bits per heavy atom. The molecule has 0 spiro atoms. The van der Waals surface area contributed by atoms with Gasteiger partial charge in [0.2, 0.25) is 0 Å². The maximum Gasteiger partial charge on any atom is 0.187 e. The number of nitriles is 1. The minimum Gasteiger partial charge on any atom is -0.371 e. The smallest absolute Gasteiger partial charge is 0.187 e. The standard InChI is InChI=1S/C23H26N8S2/c1-15-9-21(31-7-3-16(10-24)4-8-31)27-11-17(15)22-29-18(13-32-22)19-14-33-23(30-19)28-12-20-25-5-2-6-26-20/h9,11-14,16,25-26H,2-8H2,1H3,(H,28,30). The molecule has 2 fully saturated rings. The molecule has 0 bridgehead atoms. The highest BCUT2D eigenvalue weighted by Crippen LogP contribution is 2.33. The molecule has 2 saturated heterocycles. The molecule has 3 aromatic rings. The summed E-state index contributed by atoms with van der Waals surface area (Å²) in [5.74, 6) is 2.15. The van der Waals surface area contributed by atoms with Crippen molar-refractivity contribution < 1.29 is 0 Å². The molecule has 2 aliphatic rings. The Morgan fingerprint density at radius 3 is 2.67 bits per heavy atom. The Balaban J connectivity index is 1.27. The van der Waals surface area contributed by atoms with E-state index in [4.69, 9.17) is 15.2 Å². The van der Waals surface area contributed by atoms with Crippen molar-refractivity contribution in [3.8, 4) is 28.0 Å². The first-order valence-electron chi connectivity index (χ1n) is 11.2. The van der Waals surface area contributed by atoms with Crippen molar-refractivity contribution in [2.24, 2.45) is 5.92 Å². The normalized spacial score (nSPS) is 16.6. The highest BCUT2D eigenvalue weighted by atomic mass is 32.1. The Labute approximate surface area is 201 Å². The van der Waals surface area contributed by atoms with Gasteiger partial charge in [0, 0.05) is 60.8 Å². The monoisotopic (exact) mass is 478 g/mol. The van der Waals surface area contributed by atoms with Crippen LogP contribution in [0.1, 0.15) is 24.8 Å². The van der Waals surface area contributed by atoms with Gasteiger partial charge in [-0.1, -0.05) is 0 Å². The van der Waals surface area contributed by atoms with E-state index in [1.165, 1.54) is 0 Å². The third kappa shape index (κ3) is 4.94. The molecule has 5 rings (SSSR count). The number of hydrogen-bond acceptors (Lipinski definition) is 10. The second-order valence-electron chi connectivity index (χ2n) is 8.23. The van der Waals surface area contributed by atoms with Crippen LogP contribution in [0.5, 0.6) is 0 Å². The second kappa shape index (κ2) is 9.77. The summed E-state index contributed by atoms with van der Waals surface area (Å²) in [7, 11) is 0. The molecular weight excluding hydrogens is 452 g/mol. The number of aryl methyl sites for hydroxylation is 1. The van der Waals surface area contributed by atoms with E-state index in [0.717, 1.165) is 89.7 Å². The first kappa shape index (κ1) is 21.7. The number of rotatable bonds is 5. The van der Waals surface area contributed by atoms with Gasteiger partial charge in [0.15, 0.2) is 5.13 Å². The van der Waals surface area contributed by atoms with Gasteiger partial charge in [-0.25, -0.2) is 15.0 Å². The molecule has 10 heteroatoms. The predicted octanol–water partition coefficient (Wildman–Crippen LogP) is 4.17. The molecule has 0 radical (unpaired) electrons. The van der Waals surface area contributed by atoms with Crippen LogP contribution in [-0.4, -0.2) is 41.1 Å². The van der Waals surface area contributed by atoms with E-state index >= 15 is 0 Å². The number of nitrogens with zero attached hydrogens (tertiary/aromatic N) is 5. The topological polar surface area (TPSA) is 102 Å². The van der Waals surface area contributed by atoms with E-state index in [1.54, 1.807) is 22.7 Å². The zero-order valence-electron chi connectivity index (χ0n) is 18.5. The summed E-state index contributed by atoms with van der Waals surface area (Å²) in [4.78, 5) is 16.5. The van der Waals surface area contributed by atoms with Crippen LogP contribution < -0.4 is 20.9 Å². The van der Waals surface area contributed by atoms with E-state index in [9.17, 15) is 0 Å². The van der Waals surface area contributed by atoms with E-state index in [2.05, 4.69) is 50.3 Å². The van der Waals surface area contributed by atoms with Gasteiger partial charge in [0.1, 0.15) is 28.0 Å². The Morgan fingerprint density at radius 2 is 1.91 bits per heavy atom. The number of thiazole rings is 2. The molecule has 3 N–H and O–H groups in total. The van der Waals surface area contributed by atoms with Crippen LogP contribution in [-0.2, 0) is 0 Å². The van der Waals surface area contributed by atoms with E-state index in [1.807, 2.05) is 17.8 Å². The van der Waals surface area contributed by atoms with Crippen LogP contribution in [0.15, 0.2) is 35.0 Å². The molecule has 5 heterocycles. The Kier molecular flexibility index (Phi) is 6.41. The third-order valence-corrected chi connectivity index (χ3v) is 7.57. The van der Waals surface area contributed by atoms with Crippen LogP contribution >= 0.6 is 22.7 Å². The molecule has 0 amide bonds. The van der Waals surface area contributed by atoms with Crippen LogP contribution in [0, 0.1) is 24.2 Å². The van der Waals surface area contributed by atoms with Crippen molar-refractivity contribution >= 4 is 33.6 Å². The summed E-state index contributed by atoms with van der Waals surface area (Å²) >= 11 is 3.18. The van der Waals surface area contributed by atoms with E-state index in [-0.39, 0.29) is 5.92 Å². The fourth-order valence-corrected chi connectivity index (χ4v) is 5.54. The van der Waals surface area contributed by atoms with Gasteiger partial charge in [-0.2, -0.15) is 5.26 Å². The lowest BCUT2D eigenvalue weighted by molar-refractivity contribution is 0.485. The molecule has 0 aromatic carbocycles. The number of hydrogen-bond donors (Lipinski definition) is 3. The lowest BCUT2D eigenvalue weighted by Crippen LogP contribution is -2.35. The Bertz CT molecular complexity index is 1180. The summed E-state index contributed by atoms with van der Waals surface area (Å²) in [5.41, 5.74) is 3.95. The van der Waals surface area contributed by atoms with E-state index in [0.29, 0.717) is 0 Å². The van der Waals surface area contributed by atoms with Crippen molar-refractivity contribution in [1.82, 2.24) is 25.6 Å². The van der Waals surface area contributed by atoms with Crippen LogP contribution in [0.2, 0.25) is 0 Å². The zero-order valence-corrected chi connectivity index (χ0v) is 20.1. The van der Waals surface area contributed by atoms with Crippen LogP contribution in [0.25, 0.3) is 22.0 Å². The number of aromatic nitrogens is 3. The van der Waals surface area contributed by atoms with Crippen LogP contribution in [0.4, 0.5) is 10.9 Å². The molecule has 3 aromatic heterocycles. The summed E-state index contributed by atoms with van der Waals surface area (Å²) in [6.07, 6.45) is 6.79. The first-order chi connectivity index (χ1) is 16.2. The number of pyridine rings is 1. The third-order valence-electron chi connectivity index (χ3n) is 5.92. The van der Waals surface area contributed by atoms with Gasteiger partial charge in [-0.05, 0) is 37.8 Å². The van der Waals surface area contributed by atoms with Gasteiger partial charge >= 0.3 is 0 Å². The van der Waals surface area contributed by atoms with Crippen molar-refractivity contribution in [3.63, 3.8) is 0 Å². The molecule has 33 heavy (non-hydrogen) atoms. The molecule has 170 valence electrons. The predicted molar refractivity (Wildman–Crippen MR) is 134 cm³/mol. The van der Waals surface area contributed by atoms with Crippen molar-refractivity contribution in [1.29, 1.82) is 5.26 Å². The van der Waals surface area contributed by atoms with Gasteiger partial charge in [0.25, 0.3) is 0 Å². The molecular formula is C23H26N8S2. The van der Waals surface area contributed by atoms with Crippen molar-refractivity contribution in [3.05, 3.63) is 40.6 Å². The number of nitrogens with one attached hydrogen (secondary N) is 3. The minimum atomic E-state index is 0.175. The first-order valence-corrected chi connectivity index (χ1v) is 12.9. The minimum absolute atomic E-state index is 0.175. The highest BCUT2D eigenvalue weighted by molar-refractivity contribution is 7.14. The highest BCUT2D eigenvalue weighted by Gasteiger charge is 2.20. The zero-order chi connectivity index (χ0) is 22.6. The lowest BCUT2D eigenvalue weighted by atomic mass is 9.98. The van der Waals surface area contributed by atoms with Crippen molar-refractivity contribution in [2.75, 3.05) is 36.4 Å². The maximum absolute atomic E-state index is 9.12. The quantitative estimate of drug-likeness (QED) is 0.502. The summed E-state index contributed by atoms with van der Waals surface area (Å²) in [6.45, 7) is 5.85. The summed E-state index contributed by atoms with van der Waals surface area (Å²) in [6, 6.07) is 4.52. The van der Waals surface area contributed by atoms with E-state index < -0.39 is 0 Å². The van der Waals surface area contributed by atoms with Crippen molar-refractivity contribution in [2.45, 2.75) is 26.2 Å².